The number of para-hydroxylation sites is 1. The van der Waals surface area contributed by atoms with E-state index in [0.717, 1.165) is 11.1 Å². The number of fused-ring (bicyclic) bond motifs is 1. The Hall–Kier alpha value is -10.3. The Labute approximate surface area is 551 Å². The second-order valence-corrected chi connectivity index (χ2v) is 23.6. The van der Waals surface area contributed by atoms with Crippen LogP contribution in [0.25, 0.3) is 10.9 Å². The number of ether oxygens (including phenoxy) is 2. The summed E-state index contributed by atoms with van der Waals surface area (Å²) in [6.07, 6.45) is 1.54. The summed E-state index contributed by atoms with van der Waals surface area (Å²) < 4.78 is 11.4. The lowest BCUT2D eigenvalue weighted by molar-refractivity contribution is -0.142. The number of hydrogen-bond acceptors (Lipinski definition) is 14. The number of carbonyl (C=O) groups excluding carboxylic acids is 9. The van der Waals surface area contributed by atoms with Crippen LogP contribution in [0.1, 0.15) is 80.7 Å². The van der Waals surface area contributed by atoms with E-state index in [1.54, 1.807) is 79.9 Å². The molecule has 26 nitrogen and oxygen atoms in total. The number of benzene rings is 5. The van der Waals surface area contributed by atoms with Gasteiger partial charge in [0.15, 0.2) is 5.96 Å². The molecule has 7 rings (SSSR count). The van der Waals surface area contributed by atoms with Gasteiger partial charge in [0.05, 0.1) is 19.8 Å². The van der Waals surface area contributed by atoms with E-state index in [9.17, 15) is 53.4 Å². The minimum atomic E-state index is -1.78. The second-order valence-electron chi connectivity index (χ2n) is 23.6. The van der Waals surface area contributed by atoms with E-state index < -0.39 is 102 Å². The minimum Gasteiger partial charge on any atom is -0.508 e. The third-order valence-electron chi connectivity index (χ3n) is 15.8. The van der Waals surface area contributed by atoms with Gasteiger partial charge in [-0.1, -0.05) is 135 Å². The Morgan fingerprint density at radius 3 is 1.69 bits per heavy atom. The van der Waals surface area contributed by atoms with Crippen LogP contribution in [0.3, 0.4) is 0 Å². The van der Waals surface area contributed by atoms with Crippen molar-refractivity contribution in [2.45, 2.75) is 134 Å². The van der Waals surface area contributed by atoms with Crippen molar-refractivity contribution < 1.29 is 62.8 Å². The van der Waals surface area contributed by atoms with Gasteiger partial charge in [-0.05, 0) is 91.0 Å². The number of hydrogen-bond donors (Lipinski definition) is 13. The number of H-pyrrole nitrogens is 1. The zero-order valence-corrected chi connectivity index (χ0v) is 53.6. The van der Waals surface area contributed by atoms with Crippen LogP contribution in [-0.4, -0.2) is 161 Å². The number of likely N-dealkylation sites (N-methyl/N-ethyl adjacent to an activating group) is 1. The van der Waals surface area contributed by atoms with E-state index in [-0.39, 0.29) is 95.0 Å². The lowest BCUT2D eigenvalue weighted by Crippen LogP contribution is -2.61. The summed E-state index contributed by atoms with van der Waals surface area (Å²) in [6.45, 7) is 4.74. The lowest BCUT2D eigenvalue weighted by atomic mass is 9.99. The van der Waals surface area contributed by atoms with Crippen molar-refractivity contribution in [3.05, 3.63) is 174 Å². The highest BCUT2D eigenvalue weighted by Crippen LogP contribution is 2.22. The molecule has 9 amide bonds. The fourth-order valence-electron chi connectivity index (χ4n) is 10.9. The monoisotopic (exact) mass is 1310 g/mol. The summed E-state index contributed by atoms with van der Waals surface area (Å²) in [7, 11) is 0. The van der Waals surface area contributed by atoms with Crippen molar-refractivity contribution in [3.8, 4) is 5.75 Å². The molecular weight excluding hydrogens is 1220 g/mol. The van der Waals surface area contributed by atoms with Gasteiger partial charge in [-0.2, -0.15) is 0 Å². The fraction of sp³-hybridized carbons (Fsp3) is 0.391. The standard InChI is InChI=1S/C69H87N13O13/c1-4-72-66(91)59-27-17-33-82(59)67(92)52(26-16-32-73-68(70)71)75-60(85)53(34-43(2)3)76-61(86)54(35-44-18-8-5-9-19-44)77-62(87)55(36-45-28-30-49(84)31-29-45)78-64(89)57(39-83)80-63(88)56(37-48-38-74-51-25-15-14-24-50(48)51)79-65(90)58(42-94-40-46-20-10-6-11-21-46)81-69(93)95-41-47-22-12-7-13-23-47/h5-15,18-25,28-31,38,43,52-59,74,83-84H,4,16-17,26-27,32-37,39-42H2,1-3H3,(H,72,91)(H,75,85)(H,76,86)(H,77,87)(H,78,89)(H,79,90)(H,80,88)(H,81,93)(H4,70,71,73)/t52-,53-,54+,55-,56-,57-,58-,59-/m0/s1. The van der Waals surface area contributed by atoms with E-state index in [2.05, 4.69) is 52.5 Å². The van der Waals surface area contributed by atoms with Gasteiger partial charge < -0.3 is 83.6 Å². The van der Waals surface area contributed by atoms with E-state index in [1.165, 1.54) is 29.2 Å². The van der Waals surface area contributed by atoms with Gasteiger partial charge >= 0.3 is 6.09 Å². The number of likely N-dealkylation sites (tertiary alicyclic amines) is 1. The SMILES string of the molecule is CCNC(=O)[C@@H]1CCCN1C(=O)[C@H](CCCN=C(N)N)NC(=O)[C@H](CC(C)C)NC(=O)[C@@H](Cc1ccccc1)NC(=O)[C@H](Cc1ccc(O)cc1)NC(=O)[C@H](CO)NC(=O)[C@H](Cc1c[nH]c2ccccc12)NC(=O)[C@H](COCc1ccccc1)NC(=O)OCc1ccccc1. The van der Waals surface area contributed by atoms with Crippen molar-refractivity contribution in [2.24, 2.45) is 22.4 Å². The maximum atomic E-state index is 15.0. The summed E-state index contributed by atoms with van der Waals surface area (Å²) in [5.41, 5.74) is 14.9. The molecule has 0 aliphatic carbocycles. The van der Waals surface area contributed by atoms with Crippen molar-refractivity contribution >= 4 is 70.2 Å². The van der Waals surface area contributed by atoms with Crippen LogP contribution in [0.5, 0.6) is 5.75 Å². The summed E-state index contributed by atoms with van der Waals surface area (Å²) in [4.78, 5) is 138. The highest BCUT2D eigenvalue weighted by Gasteiger charge is 2.39. The van der Waals surface area contributed by atoms with Crippen molar-refractivity contribution in [2.75, 3.05) is 32.8 Å². The molecule has 1 saturated heterocycles. The molecule has 26 heteroatoms. The zero-order chi connectivity index (χ0) is 68.2. The lowest BCUT2D eigenvalue weighted by Gasteiger charge is -2.30. The molecule has 6 aromatic rings. The van der Waals surface area contributed by atoms with Gasteiger partial charge in [0.25, 0.3) is 0 Å². The van der Waals surface area contributed by atoms with Crippen molar-refractivity contribution in [3.63, 3.8) is 0 Å². The van der Waals surface area contributed by atoms with Gasteiger partial charge in [-0.25, -0.2) is 4.79 Å². The summed E-state index contributed by atoms with van der Waals surface area (Å²) in [5, 5.41) is 43.5. The number of alkyl carbamates (subject to hydrolysis) is 1. The molecule has 506 valence electrons. The molecule has 8 atom stereocenters. The second kappa shape index (κ2) is 36.8. The first-order valence-electron chi connectivity index (χ1n) is 31.8. The predicted molar refractivity (Wildman–Crippen MR) is 355 cm³/mol. The molecule has 1 aromatic heterocycles. The number of phenolic OH excluding ortho intramolecular Hbond substituents is 1. The molecule has 0 unspecified atom stereocenters. The first-order chi connectivity index (χ1) is 45.8. The van der Waals surface area contributed by atoms with Gasteiger partial charge in [-0.3, -0.25) is 43.3 Å². The molecule has 1 aliphatic rings. The minimum absolute atomic E-state index is 0.0566. The maximum absolute atomic E-state index is 15.0. The first-order valence-corrected chi connectivity index (χ1v) is 31.8. The number of aliphatic hydroxyl groups is 1. The van der Waals surface area contributed by atoms with Crippen LogP contribution in [0, 0.1) is 5.92 Å². The highest BCUT2D eigenvalue weighted by molar-refractivity contribution is 5.99. The van der Waals surface area contributed by atoms with Crippen LogP contribution in [0.15, 0.2) is 151 Å². The fourth-order valence-corrected chi connectivity index (χ4v) is 10.9. The number of guanidine groups is 1. The zero-order valence-electron chi connectivity index (χ0n) is 53.6. The Morgan fingerprint density at radius 2 is 1.11 bits per heavy atom. The molecule has 2 heterocycles. The van der Waals surface area contributed by atoms with Crippen LogP contribution >= 0.6 is 0 Å². The van der Waals surface area contributed by atoms with E-state index in [4.69, 9.17) is 20.9 Å². The number of nitrogens with one attached hydrogen (secondary N) is 9. The normalized spacial score (nSPS) is 14.9. The quantitative estimate of drug-likeness (QED) is 0.0155. The van der Waals surface area contributed by atoms with Crippen molar-refractivity contribution in [1.82, 2.24) is 52.4 Å². The molecule has 0 saturated carbocycles. The molecule has 0 radical (unpaired) electrons. The number of aliphatic hydroxyl groups excluding tert-OH is 1. The average molecular weight is 1310 g/mol. The van der Waals surface area contributed by atoms with Crippen LogP contribution < -0.4 is 54.0 Å². The number of aliphatic imine (C=N–C) groups is 1. The molecular formula is C69H87N13O13. The molecule has 0 bridgehead atoms. The number of carbonyl (C=O) groups is 9. The Kier molecular flexibility index (Phi) is 27.9. The van der Waals surface area contributed by atoms with Gasteiger partial charge in [0, 0.05) is 56.0 Å². The Balaban J connectivity index is 1.12. The van der Waals surface area contributed by atoms with Gasteiger partial charge in [0.2, 0.25) is 47.3 Å². The largest absolute Gasteiger partial charge is 0.508 e. The molecule has 1 fully saturated rings. The van der Waals surface area contributed by atoms with Crippen LogP contribution in [0.2, 0.25) is 0 Å². The van der Waals surface area contributed by atoms with Crippen molar-refractivity contribution in [1.29, 1.82) is 0 Å². The van der Waals surface area contributed by atoms with E-state index in [1.807, 2.05) is 62.4 Å². The number of nitrogens with two attached hydrogens (primary N) is 2. The Bertz CT molecular complexity index is 3540. The summed E-state index contributed by atoms with van der Waals surface area (Å²) in [6, 6.07) is 28.8. The third-order valence-corrected chi connectivity index (χ3v) is 15.8. The van der Waals surface area contributed by atoms with Gasteiger partial charge in [0.1, 0.15) is 60.7 Å². The molecule has 5 aromatic carbocycles. The summed E-state index contributed by atoms with van der Waals surface area (Å²) >= 11 is 0. The molecule has 1 aliphatic heterocycles. The molecule has 95 heavy (non-hydrogen) atoms. The van der Waals surface area contributed by atoms with Crippen LogP contribution in [-0.2, 0) is 80.3 Å². The number of aromatic amines is 1. The molecule has 15 N–H and O–H groups in total. The topological polar surface area (TPSA) is 392 Å². The number of rotatable bonds is 35. The first kappa shape index (κ1) is 72.1. The third kappa shape index (κ3) is 22.7. The number of phenols is 1. The number of aromatic hydroxyl groups is 1. The number of aromatic nitrogens is 1. The smallest absolute Gasteiger partial charge is 0.408 e. The maximum Gasteiger partial charge on any atom is 0.408 e. The van der Waals surface area contributed by atoms with Gasteiger partial charge in [-0.15, -0.1) is 0 Å². The number of nitrogens with zero attached hydrogens (tertiary/aromatic N) is 2. The van der Waals surface area contributed by atoms with Crippen LogP contribution in [0.4, 0.5) is 4.79 Å². The van der Waals surface area contributed by atoms with E-state index >= 15 is 0 Å². The van der Waals surface area contributed by atoms with E-state index in [0.29, 0.717) is 47.0 Å². The number of amides is 9. The molecule has 0 spiro atoms. The predicted octanol–water partition coefficient (Wildman–Crippen LogP) is 2.54. The average Bonchev–Trinajstić information content (AvgIpc) is 1.78. The Morgan fingerprint density at radius 1 is 0.600 bits per heavy atom. The summed E-state index contributed by atoms with van der Waals surface area (Å²) in [5.74, 6) is -6.58. The highest BCUT2D eigenvalue weighted by atomic mass is 16.5.